The van der Waals surface area contributed by atoms with Crippen LogP contribution in [0.2, 0.25) is 5.15 Å². The largest absolute Gasteiger partial charge is 0.476 e. The molecule has 0 amide bonds. The van der Waals surface area contributed by atoms with Crippen molar-refractivity contribution in [3.05, 3.63) is 28.0 Å². The van der Waals surface area contributed by atoms with Crippen molar-refractivity contribution in [2.45, 2.75) is 13.2 Å². The molecule has 4 nitrogen and oxygen atoms in total. The number of fused-ring (bicyclic) bond motifs is 1. The van der Waals surface area contributed by atoms with Gasteiger partial charge in [0.15, 0.2) is 5.69 Å². The molecule has 0 spiro atoms. The summed E-state index contributed by atoms with van der Waals surface area (Å²) in [5, 5.41) is 8.99. The van der Waals surface area contributed by atoms with Gasteiger partial charge in [-0.15, -0.1) is 0 Å². The summed E-state index contributed by atoms with van der Waals surface area (Å²) in [5.74, 6) is -1.07. The minimum absolute atomic E-state index is 0.000000000000000666. The number of carbonyl (C=O) groups is 1. The molecule has 2 heterocycles. The summed E-state index contributed by atoms with van der Waals surface area (Å²) < 4.78 is 5.10. The molecule has 0 aromatic carbocycles. The second-order valence-electron chi connectivity index (χ2n) is 2.73. The average Bonchev–Trinajstić information content (AvgIpc) is 2.49. The second-order valence-corrected chi connectivity index (χ2v) is 3.12. The number of hydrogen-bond acceptors (Lipinski definition) is 3. The highest BCUT2D eigenvalue weighted by Gasteiger charge is 2.21. The molecule has 13 heavy (non-hydrogen) atoms. The zero-order valence-corrected chi connectivity index (χ0v) is 7.34. The van der Waals surface area contributed by atoms with E-state index in [2.05, 4.69) is 4.98 Å². The van der Waals surface area contributed by atoms with Gasteiger partial charge in [0, 0.05) is 5.56 Å². The fraction of sp³-hybridized carbons (Fsp3) is 0.250. The molecule has 0 radical (unpaired) electrons. The third kappa shape index (κ3) is 1.38. The Balaban J connectivity index is 2.62. The highest BCUT2D eigenvalue weighted by Crippen LogP contribution is 2.24. The second kappa shape index (κ2) is 2.97. The summed E-state index contributed by atoms with van der Waals surface area (Å²) in [6.07, 6.45) is 0. The van der Waals surface area contributed by atoms with Crippen molar-refractivity contribution in [2.24, 2.45) is 0 Å². The van der Waals surface area contributed by atoms with E-state index < -0.39 is 5.97 Å². The molecule has 5 heteroatoms. The Morgan fingerprint density at radius 2 is 2.38 bits per heavy atom. The predicted octanol–water partition coefficient (Wildman–Crippen LogP) is 1.46. The number of aromatic nitrogens is 1. The van der Waals surface area contributed by atoms with E-state index in [9.17, 15) is 4.79 Å². The van der Waals surface area contributed by atoms with Crippen LogP contribution in [0.4, 0.5) is 0 Å². The molecule has 0 saturated carbocycles. The molecular weight excluding hydrogens is 194 g/mol. The normalized spacial score (nSPS) is 14.2. The first-order valence-corrected chi connectivity index (χ1v) is 4.05. The Hall–Kier alpha value is -1.13. The average molecular weight is 200 g/mol. The molecule has 0 saturated heterocycles. The monoisotopic (exact) mass is 199 g/mol. The van der Waals surface area contributed by atoms with Crippen LogP contribution in [0.1, 0.15) is 21.6 Å². The van der Waals surface area contributed by atoms with E-state index in [0.29, 0.717) is 18.8 Å². The molecule has 68 valence electrons. The van der Waals surface area contributed by atoms with Crippen LogP contribution in [0.3, 0.4) is 0 Å². The smallest absolute Gasteiger partial charge is 0.354 e. The fourth-order valence-corrected chi connectivity index (χ4v) is 1.54. The highest BCUT2D eigenvalue weighted by molar-refractivity contribution is 6.29. The van der Waals surface area contributed by atoms with E-state index in [1.807, 2.05) is 0 Å². The maximum atomic E-state index is 10.7. The SMILES string of the molecule is O=C(O)c1nc(Cl)cc2c1COC2. The first-order chi connectivity index (χ1) is 6.18. The van der Waals surface area contributed by atoms with E-state index in [4.69, 9.17) is 21.4 Å². The van der Waals surface area contributed by atoms with E-state index in [0.717, 1.165) is 5.56 Å². The van der Waals surface area contributed by atoms with Crippen LogP contribution in [0.15, 0.2) is 6.07 Å². The Kier molecular flexibility index (Phi) is 1.94. The van der Waals surface area contributed by atoms with Gasteiger partial charge in [0.05, 0.1) is 13.2 Å². The maximum Gasteiger partial charge on any atom is 0.354 e. The number of nitrogens with zero attached hydrogens (tertiary/aromatic N) is 1. The molecule has 1 aliphatic rings. The lowest BCUT2D eigenvalue weighted by Crippen LogP contribution is -2.05. The van der Waals surface area contributed by atoms with Crippen molar-refractivity contribution in [3.63, 3.8) is 0 Å². The van der Waals surface area contributed by atoms with Gasteiger partial charge in [-0.1, -0.05) is 11.6 Å². The molecule has 1 N–H and O–H groups in total. The van der Waals surface area contributed by atoms with E-state index >= 15 is 0 Å². The minimum Gasteiger partial charge on any atom is -0.476 e. The molecule has 0 unspecified atom stereocenters. The molecule has 2 rings (SSSR count). The lowest BCUT2D eigenvalue weighted by molar-refractivity contribution is 0.0685. The molecule has 0 atom stereocenters. The van der Waals surface area contributed by atoms with E-state index in [1.54, 1.807) is 6.07 Å². The number of hydrogen-bond donors (Lipinski definition) is 1. The van der Waals surface area contributed by atoms with Crippen molar-refractivity contribution >= 4 is 17.6 Å². The van der Waals surface area contributed by atoms with Crippen molar-refractivity contribution < 1.29 is 14.6 Å². The number of carboxylic acid groups (broad SMARTS) is 1. The third-order valence-electron chi connectivity index (χ3n) is 1.89. The van der Waals surface area contributed by atoms with Crippen molar-refractivity contribution in [3.8, 4) is 0 Å². The Morgan fingerprint density at radius 3 is 3.08 bits per heavy atom. The number of aromatic carboxylic acids is 1. The zero-order chi connectivity index (χ0) is 9.42. The van der Waals surface area contributed by atoms with Crippen LogP contribution in [0.5, 0.6) is 0 Å². The number of rotatable bonds is 1. The topological polar surface area (TPSA) is 59.4 Å². The lowest BCUT2D eigenvalue weighted by atomic mass is 10.1. The van der Waals surface area contributed by atoms with Crippen molar-refractivity contribution in [1.29, 1.82) is 0 Å². The number of pyridine rings is 1. The molecule has 0 bridgehead atoms. The fourth-order valence-electron chi connectivity index (χ4n) is 1.32. The first-order valence-electron chi connectivity index (χ1n) is 3.68. The van der Waals surface area contributed by atoms with Crippen LogP contribution < -0.4 is 0 Å². The van der Waals surface area contributed by atoms with Gasteiger partial charge in [0.1, 0.15) is 5.15 Å². The van der Waals surface area contributed by atoms with Crippen LogP contribution in [-0.2, 0) is 18.0 Å². The quantitative estimate of drug-likeness (QED) is 0.696. The Morgan fingerprint density at radius 1 is 1.62 bits per heavy atom. The molecule has 1 aromatic rings. The van der Waals surface area contributed by atoms with Crippen LogP contribution in [0, 0.1) is 0 Å². The highest BCUT2D eigenvalue weighted by atomic mass is 35.5. The van der Waals surface area contributed by atoms with Crippen LogP contribution in [0.25, 0.3) is 0 Å². The lowest BCUT2D eigenvalue weighted by Gasteiger charge is -2.01. The van der Waals surface area contributed by atoms with Gasteiger partial charge < -0.3 is 9.84 Å². The first kappa shape index (κ1) is 8.47. The summed E-state index contributed by atoms with van der Waals surface area (Å²) in [6, 6.07) is 1.64. The molecule has 0 aliphatic carbocycles. The Bertz CT molecular complexity index is 378. The van der Waals surface area contributed by atoms with Crippen molar-refractivity contribution in [1.82, 2.24) is 4.98 Å². The molecule has 1 aromatic heterocycles. The number of ether oxygens (including phenoxy) is 1. The zero-order valence-electron chi connectivity index (χ0n) is 6.58. The Labute approximate surface area is 79.1 Å². The summed E-state index contributed by atoms with van der Waals surface area (Å²) in [6.45, 7) is 0.721. The van der Waals surface area contributed by atoms with Crippen LogP contribution >= 0.6 is 11.6 Å². The molecule has 1 aliphatic heterocycles. The predicted molar refractivity (Wildman–Crippen MR) is 44.7 cm³/mol. The summed E-state index contributed by atoms with van der Waals surface area (Å²) in [5.41, 5.74) is 1.45. The number of carboxylic acids is 1. The van der Waals surface area contributed by atoms with Gasteiger partial charge in [0.2, 0.25) is 0 Å². The van der Waals surface area contributed by atoms with Crippen LogP contribution in [-0.4, -0.2) is 16.1 Å². The minimum atomic E-state index is -1.07. The van der Waals surface area contributed by atoms with E-state index in [-0.39, 0.29) is 10.8 Å². The van der Waals surface area contributed by atoms with Gasteiger partial charge in [0.25, 0.3) is 0 Å². The summed E-state index contributed by atoms with van der Waals surface area (Å²) in [7, 11) is 0. The van der Waals surface area contributed by atoms with E-state index in [1.165, 1.54) is 0 Å². The van der Waals surface area contributed by atoms with Gasteiger partial charge in [-0.3, -0.25) is 0 Å². The third-order valence-corrected chi connectivity index (χ3v) is 2.09. The molecular formula is C8H6ClNO3. The molecule has 0 fully saturated rings. The van der Waals surface area contributed by atoms with Gasteiger partial charge in [-0.05, 0) is 11.6 Å². The van der Waals surface area contributed by atoms with Gasteiger partial charge >= 0.3 is 5.97 Å². The van der Waals surface area contributed by atoms with Gasteiger partial charge in [-0.25, -0.2) is 9.78 Å². The maximum absolute atomic E-state index is 10.7. The summed E-state index contributed by atoms with van der Waals surface area (Å²) >= 11 is 5.64. The summed E-state index contributed by atoms with van der Waals surface area (Å²) in [4.78, 5) is 14.5. The standard InChI is InChI=1S/C8H6ClNO3/c9-6-1-4-2-13-3-5(4)7(10-6)8(11)12/h1H,2-3H2,(H,11,12). The van der Waals surface area contributed by atoms with Gasteiger partial charge in [-0.2, -0.15) is 0 Å². The van der Waals surface area contributed by atoms with Crippen molar-refractivity contribution in [2.75, 3.05) is 0 Å². The number of halogens is 1.